The third-order valence-corrected chi connectivity index (χ3v) is 2.24. The van der Waals surface area contributed by atoms with Crippen molar-refractivity contribution in [3.63, 3.8) is 0 Å². The van der Waals surface area contributed by atoms with Crippen LogP contribution in [0.5, 0.6) is 0 Å². The smallest absolute Gasteiger partial charge is 0.320 e. The number of benzene rings is 1. The van der Waals surface area contributed by atoms with Crippen LogP contribution >= 0.6 is 0 Å². The van der Waals surface area contributed by atoms with Gasteiger partial charge < -0.3 is 5.11 Å². The highest BCUT2D eigenvalue weighted by molar-refractivity contribution is 5.72. The minimum absolute atomic E-state index is 0.322. The Morgan fingerprint density at radius 2 is 2.00 bits per heavy atom. The van der Waals surface area contributed by atoms with E-state index in [0.717, 1.165) is 0 Å². The molecule has 1 rings (SSSR count). The number of carboxylic acids is 1. The molecule has 1 aromatic rings. The Morgan fingerprint density at radius 3 is 2.53 bits per heavy atom. The molecule has 4 heteroatoms. The summed E-state index contributed by atoms with van der Waals surface area (Å²) in [5.74, 6) is -1.27. The molecule has 2 unspecified atom stereocenters. The van der Waals surface area contributed by atoms with Crippen molar-refractivity contribution in [3.05, 3.63) is 35.6 Å². The Kier molecular flexibility index (Phi) is 3.80. The van der Waals surface area contributed by atoms with Crippen LogP contribution in [-0.4, -0.2) is 17.1 Å². The minimum atomic E-state index is -0.946. The molecular weight excluding hydrogens is 197 g/mol. The molecule has 0 aliphatic heterocycles. The summed E-state index contributed by atoms with van der Waals surface area (Å²) in [6.07, 6.45) is 0. The fourth-order valence-corrected chi connectivity index (χ4v) is 1.36. The summed E-state index contributed by atoms with van der Waals surface area (Å²) in [6.45, 7) is 3.26. The van der Waals surface area contributed by atoms with Gasteiger partial charge in [0.1, 0.15) is 11.9 Å². The second-order valence-electron chi connectivity index (χ2n) is 3.47. The van der Waals surface area contributed by atoms with Gasteiger partial charge in [0.25, 0.3) is 0 Å². The molecule has 0 aromatic heterocycles. The van der Waals surface area contributed by atoms with Crippen LogP contribution in [0, 0.1) is 5.82 Å². The minimum Gasteiger partial charge on any atom is -0.480 e. The number of aliphatic carboxylic acids is 1. The summed E-state index contributed by atoms with van der Waals surface area (Å²) in [7, 11) is 0. The van der Waals surface area contributed by atoms with E-state index >= 15 is 0 Å². The van der Waals surface area contributed by atoms with Crippen molar-refractivity contribution in [2.24, 2.45) is 0 Å². The molecule has 3 nitrogen and oxygen atoms in total. The summed E-state index contributed by atoms with van der Waals surface area (Å²) in [6, 6.07) is 5.31. The van der Waals surface area contributed by atoms with E-state index in [9.17, 15) is 9.18 Å². The van der Waals surface area contributed by atoms with Gasteiger partial charge in [0.2, 0.25) is 0 Å². The molecule has 0 aliphatic rings. The lowest BCUT2D eigenvalue weighted by Gasteiger charge is -2.17. The Morgan fingerprint density at radius 1 is 1.40 bits per heavy atom. The molecule has 2 atom stereocenters. The molecular formula is C11H14FNO2. The highest BCUT2D eigenvalue weighted by Crippen LogP contribution is 2.16. The van der Waals surface area contributed by atoms with Crippen molar-refractivity contribution >= 4 is 5.97 Å². The number of hydrogen-bond donors (Lipinski definition) is 2. The fourth-order valence-electron chi connectivity index (χ4n) is 1.36. The number of nitrogens with one attached hydrogen (secondary N) is 1. The van der Waals surface area contributed by atoms with Crippen molar-refractivity contribution in [1.82, 2.24) is 5.32 Å². The largest absolute Gasteiger partial charge is 0.480 e. The van der Waals surface area contributed by atoms with Gasteiger partial charge in [-0.2, -0.15) is 0 Å². The highest BCUT2D eigenvalue weighted by atomic mass is 19.1. The van der Waals surface area contributed by atoms with Gasteiger partial charge in [0.05, 0.1) is 0 Å². The molecule has 0 radical (unpaired) electrons. The maximum absolute atomic E-state index is 13.3. The van der Waals surface area contributed by atoms with Crippen LogP contribution in [0.15, 0.2) is 24.3 Å². The predicted octanol–water partition coefficient (Wildman–Crippen LogP) is 1.95. The van der Waals surface area contributed by atoms with E-state index in [0.29, 0.717) is 5.56 Å². The van der Waals surface area contributed by atoms with Crippen LogP contribution in [0.4, 0.5) is 4.39 Å². The van der Waals surface area contributed by atoms with Gasteiger partial charge in [-0.25, -0.2) is 4.39 Å². The quantitative estimate of drug-likeness (QED) is 0.800. The first-order valence-corrected chi connectivity index (χ1v) is 4.75. The number of hydrogen-bond acceptors (Lipinski definition) is 2. The van der Waals surface area contributed by atoms with E-state index < -0.39 is 12.0 Å². The van der Waals surface area contributed by atoms with Crippen LogP contribution in [0.1, 0.15) is 25.5 Å². The zero-order valence-corrected chi connectivity index (χ0v) is 8.70. The monoisotopic (exact) mass is 211 g/mol. The van der Waals surface area contributed by atoms with Crippen LogP contribution < -0.4 is 5.32 Å². The molecule has 0 saturated carbocycles. The Hall–Kier alpha value is -1.42. The first-order chi connectivity index (χ1) is 7.02. The number of halogens is 1. The molecule has 0 bridgehead atoms. The summed E-state index contributed by atoms with van der Waals surface area (Å²) in [5, 5.41) is 11.5. The van der Waals surface area contributed by atoms with Crippen molar-refractivity contribution in [2.75, 3.05) is 0 Å². The van der Waals surface area contributed by atoms with E-state index in [1.54, 1.807) is 25.1 Å². The first kappa shape index (κ1) is 11.7. The zero-order valence-electron chi connectivity index (χ0n) is 8.70. The maximum atomic E-state index is 13.3. The lowest BCUT2D eigenvalue weighted by Crippen LogP contribution is -2.35. The van der Waals surface area contributed by atoms with Crippen LogP contribution in [0.2, 0.25) is 0 Å². The van der Waals surface area contributed by atoms with Gasteiger partial charge in [-0.3, -0.25) is 10.1 Å². The van der Waals surface area contributed by atoms with Crippen LogP contribution in [0.3, 0.4) is 0 Å². The highest BCUT2D eigenvalue weighted by Gasteiger charge is 2.16. The molecule has 82 valence electrons. The molecule has 0 spiro atoms. The van der Waals surface area contributed by atoms with E-state index in [2.05, 4.69) is 5.32 Å². The van der Waals surface area contributed by atoms with Crippen LogP contribution in [-0.2, 0) is 4.79 Å². The number of rotatable bonds is 4. The number of carboxylic acid groups (broad SMARTS) is 1. The number of carbonyl (C=O) groups is 1. The molecule has 1 aromatic carbocycles. The van der Waals surface area contributed by atoms with E-state index in [-0.39, 0.29) is 11.9 Å². The molecule has 0 saturated heterocycles. The van der Waals surface area contributed by atoms with Crippen molar-refractivity contribution in [1.29, 1.82) is 0 Å². The van der Waals surface area contributed by atoms with Gasteiger partial charge in [-0.15, -0.1) is 0 Å². The van der Waals surface area contributed by atoms with Gasteiger partial charge >= 0.3 is 5.97 Å². The lowest BCUT2D eigenvalue weighted by atomic mass is 10.1. The second kappa shape index (κ2) is 4.89. The Balaban J connectivity index is 2.73. The van der Waals surface area contributed by atoms with Crippen molar-refractivity contribution < 1.29 is 14.3 Å². The zero-order chi connectivity index (χ0) is 11.4. The van der Waals surface area contributed by atoms with Gasteiger partial charge in [-0.1, -0.05) is 18.2 Å². The van der Waals surface area contributed by atoms with Gasteiger partial charge in [0.15, 0.2) is 0 Å². The van der Waals surface area contributed by atoms with E-state index in [1.165, 1.54) is 13.0 Å². The summed E-state index contributed by atoms with van der Waals surface area (Å²) >= 11 is 0. The summed E-state index contributed by atoms with van der Waals surface area (Å²) < 4.78 is 13.3. The predicted molar refractivity (Wildman–Crippen MR) is 55.0 cm³/mol. The molecule has 2 N–H and O–H groups in total. The third kappa shape index (κ3) is 3.02. The lowest BCUT2D eigenvalue weighted by molar-refractivity contribution is -0.139. The van der Waals surface area contributed by atoms with Gasteiger partial charge in [0, 0.05) is 11.6 Å². The standard InChI is InChI=1S/C11H14FNO2/c1-7(13-8(2)11(14)15)9-5-3-4-6-10(9)12/h3-8,13H,1-2H3,(H,14,15). The van der Waals surface area contributed by atoms with Crippen LogP contribution in [0.25, 0.3) is 0 Å². The average molecular weight is 211 g/mol. The summed E-state index contributed by atoms with van der Waals surface area (Å²) in [4.78, 5) is 10.6. The SMILES string of the molecule is CC(NC(C)c1ccccc1F)C(=O)O. The van der Waals surface area contributed by atoms with Crippen molar-refractivity contribution in [2.45, 2.75) is 25.9 Å². The molecule has 0 fully saturated rings. The summed E-state index contributed by atoms with van der Waals surface area (Å²) in [5.41, 5.74) is 0.477. The Labute approximate surface area is 87.9 Å². The Bertz CT molecular complexity index is 354. The van der Waals surface area contributed by atoms with Gasteiger partial charge in [-0.05, 0) is 19.9 Å². The normalized spacial score (nSPS) is 14.6. The second-order valence-corrected chi connectivity index (χ2v) is 3.47. The average Bonchev–Trinajstić information content (AvgIpc) is 2.18. The molecule has 0 heterocycles. The molecule has 0 aliphatic carbocycles. The third-order valence-electron chi connectivity index (χ3n) is 2.24. The molecule has 15 heavy (non-hydrogen) atoms. The first-order valence-electron chi connectivity index (χ1n) is 4.75. The topological polar surface area (TPSA) is 49.3 Å². The van der Waals surface area contributed by atoms with E-state index in [4.69, 9.17) is 5.11 Å². The fraction of sp³-hybridized carbons (Fsp3) is 0.364. The van der Waals surface area contributed by atoms with Crippen molar-refractivity contribution in [3.8, 4) is 0 Å². The molecule has 0 amide bonds. The maximum Gasteiger partial charge on any atom is 0.320 e. The van der Waals surface area contributed by atoms with E-state index in [1.807, 2.05) is 0 Å².